The van der Waals surface area contributed by atoms with Crippen LogP contribution in [0.2, 0.25) is 0 Å². The second-order valence-electron chi connectivity index (χ2n) is 4.57. The smallest absolute Gasteiger partial charge is 0.314 e. The lowest BCUT2D eigenvalue weighted by Gasteiger charge is -2.28. The van der Waals surface area contributed by atoms with Crippen LogP contribution in [-0.2, 0) is 9.53 Å². The molecule has 0 saturated carbocycles. The summed E-state index contributed by atoms with van der Waals surface area (Å²) in [6, 6.07) is 7.08. The summed E-state index contributed by atoms with van der Waals surface area (Å²) >= 11 is 0. The van der Waals surface area contributed by atoms with Gasteiger partial charge in [0.1, 0.15) is 5.92 Å². The number of hydrogen-bond donors (Lipinski definition) is 1. The van der Waals surface area contributed by atoms with Gasteiger partial charge in [0, 0.05) is 24.3 Å². The van der Waals surface area contributed by atoms with Crippen molar-refractivity contribution in [2.24, 2.45) is 5.92 Å². The van der Waals surface area contributed by atoms with Crippen molar-refractivity contribution in [1.29, 1.82) is 0 Å². The molecule has 1 unspecified atom stereocenters. The quantitative estimate of drug-likeness (QED) is 0.657. The number of carbonyl (C=O) groups is 2. The SMILES string of the molecule is CC(C(=O)O)C(=O)c1ccc(N2CCOCC2)cc1. The van der Waals surface area contributed by atoms with Gasteiger partial charge in [-0.3, -0.25) is 9.59 Å². The third-order valence-corrected chi connectivity index (χ3v) is 3.29. The van der Waals surface area contributed by atoms with Gasteiger partial charge in [-0.15, -0.1) is 0 Å². The molecule has 0 aromatic heterocycles. The van der Waals surface area contributed by atoms with E-state index < -0.39 is 11.9 Å². The zero-order valence-corrected chi connectivity index (χ0v) is 10.8. The molecule has 1 fully saturated rings. The highest BCUT2D eigenvalue weighted by Gasteiger charge is 2.22. The number of Topliss-reactive ketones (excluding diaryl/α,β-unsaturated/α-hetero) is 1. The summed E-state index contributed by atoms with van der Waals surface area (Å²) < 4.78 is 5.28. The van der Waals surface area contributed by atoms with Gasteiger partial charge in [0.2, 0.25) is 0 Å². The molecule has 1 heterocycles. The van der Waals surface area contributed by atoms with E-state index in [1.54, 1.807) is 12.1 Å². The van der Waals surface area contributed by atoms with Gasteiger partial charge >= 0.3 is 5.97 Å². The van der Waals surface area contributed by atoms with E-state index in [1.165, 1.54) is 6.92 Å². The number of anilines is 1. The van der Waals surface area contributed by atoms with Crippen LogP contribution in [0.1, 0.15) is 17.3 Å². The van der Waals surface area contributed by atoms with Crippen LogP contribution in [0.25, 0.3) is 0 Å². The minimum atomic E-state index is -1.10. The topological polar surface area (TPSA) is 66.8 Å². The Morgan fingerprint density at radius 1 is 1.21 bits per heavy atom. The molecule has 1 aromatic rings. The summed E-state index contributed by atoms with van der Waals surface area (Å²) in [6.45, 7) is 4.48. The number of ether oxygens (including phenoxy) is 1. The van der Waals surface area contributed by atoms with Crippen LogP contribution in [0.5, 0.6) is 0 Å². The monoisotopic (exact) mass is 263 g/mol. The van der Waals surface area contributed by atoms with E-state index in [-0.39, 0.29) is 5.78 Å². The van der Waals surface area contributed by atoms with E-state index in [1.807, 2.05) is 12.1 Å². The van der Waals surface area contributed by atoms with Crippen LogP contribution >= 0.6 is 0 Å². The highest BCUT2D eigenvalue weighted by molar-refractivity contribution is 6.07. The minimum absolute atomic E-state index is 0.360. The van der Waals surface area contributed by atoms with Gasteiger partial charge in [-0.05, 0) is 31.2 Å². The maximum absolute atomic E-state index is 11.9. The standard InChI is InChI=1S/C14H17NO4/c1-10(14(17)18)13(16)11-2-4-12(5-3-11)15-6-8-19-9-7-15/h2-5,10H,6-9H2,1H3,(H,17,18). The van der Waals surface area contributed by atoms with Crippen LogP contribution in [0, 0.1) is 5.92 Å². The lowest BCUT2D eigenvalue weighted by atomic mass is 9.99. The fourth-order valence-corrected chi connectivity index (χ4v) is 2.02. The molecule has 1 aliphatic heterocycles. The Morgan fingerprint density at radius 2 is 1.79 bits per heavy atom. The van der Waals surface area contributed by atoms with Crippen molar-refractivity contribution in [3.05, 3.63) is 29.8 Å². The van der Waals surface area contributed by atoms with E-state index in [2.05, 4.69) is 4.90 Å². The summed E-state index contributed by atoms with van der Waals surface area (Å²) in [4.78, 5) is 24.8. The zero-order chi connectivity index (χ0) is 13.8. The largest absolute Gasteiger partial charge is 0.481 e. The first-order chi connectivity index (χ1) is 9.09. The number of carboxylic acids is 1. The molecule has 19 heavy (non-hydrogen) atoms. The fraction of sp³-hybridized carbons (Fsp3) is 0.429. The van der Waals surface area contributed by atoms with Crippen LogP contribution in [0.3, 0.4) is 0 Å². The van der Waals surface area contributed by atoms with E-state index in [0.717, 1.165) is 18.8 Å². The molecular weight excluding hydrogens is 246 g/mol. The highest BCUT2D eigenvalue weighted by atomic mass is 16.5. The van der Waals surface area contributed by atoms with E-state index >= 15 is 0 Å². The van der Waals surface area contributed by atoms with E-state index in [9.17, 15) is 9.59 Å². The number of morpholine rings is 1. The first-order valence-corrected chi connectivity index (χ1v) is 6.29. The first-order valence-electron chi connectivity index (χ1n) is 6.29. The van der Waals surface area contributed by atoms with Gasteiger partial charge in [-0.1, -0.05) is 0 Å². The fourth-order valence-electron chi connectivity index (χ4n) is 2.02. The van der Waals surface area contributed by atoms with Crippen molar-refractivity contribution in [2.45, 2.75) is 6.92 Å². The Morgan fingerprint density at radius 3 is 2.32 bits per heavy atom. The summed E-state index contributed by atoms with van der Waals surface area (Å²) in [5.41, 5.74) is 1.47. The molecule has 0 amide bonds. The van der Waals surface area contributed by atoms with E-state index in [4.69, 9.17) is 9.84 Å². The number of aliphatic carboxylic acids is 1. The average Bonchev–Trinajstić information content (AvgIpc) is 2.46. The number of benzene rings is 1. The maximum atomic E-state index is 11.9. The van der Waals surface area contributed by atoms with Crippen LogP contribution in [-0.4, -0.2) is 43.2 Å². The molecule has 0 bridgehead atoms. The van der Waals surface area contributed by atoms with Gasteiger partial charge in [0.15, 0.2) is 5.78 Å². The van der Waals surface area contributed by atoms with Crippen molar-refractivity contribution in [2.75, 3.05) is 31.2 Å². The summed E-state index contributed by atoms with van der Waals surface area (Å²) in [5.74, 6) is -2.46. The third-order valence-electron chi connectivity index (χ3n) is 3.29. The van der Waals surface area contributed by atoms with Crippen molar-refractivity contribution < 1.29 is 19.4 Å². The van der Waals surface area contributed by atoms with Crippen LogP contribution in [0.15, 0.2) is 24.3 Å². The Labute approximate surface area is 111 Å². The average molecular weight is 263 g/mol. The summed E-state index contributed by atoms with van der Waals surface area (Å²) in [5, 5.41) is 8.83. The Balaban J connectivity index is 2.09. The van der Waals surface area contributed by atoms with Gasteiger partial charge < -0.3 is 14.7 Å². The van der Waals surface area contributed by atoms with Crippen molar-refractivity contribution in [1.82, 2.24) is 0 Å². The molecule has 1 N–H and O–H groups in total. The second kappa shape index (κ2) is 5.84. The molecule has 0 aliphatic carbocycles. The first kappa shape index (κ1) is 13.5. The summed E-state index contributed by atoms with van der Waals surface area (Å²) in [6.07, 6.45) is 0. The Bertz CT molecular complexity index is 463. The Kier molecular flexibility index (Phi) is 4.16. The Hall–Kier alpha value is -1.88. The van der Waals surface area contributed by atoms with Crippen molar-refractivity contribution in [3.8, 4) is 0 Å². The predicted octanol–water partition coefficient (Wildman–Crippen LogP) is 1.43. The number of hydrogen-bond acceptors (Lipinski definition) is 4. The normalized spacial score (nSPS) is 17.0. The molecule has 1 aliphatic rings. The molecule has 1 aromatic carbocycles. The molecule has 0 radical (unpaired) electrons. The molecule has 5 nitrogen and oxygen atoms in total. The van der Waals surface area contributed by atoms with Gasteiger partial charge in [-0.2, -0.15) is 0 Å². The van der Waals surface area contributed by atoms with Crippen LogP contribution in [0.4, 0.5) is 5.69 Å². The van der Waals surface area contributed by atoms with E-state index in [0.29, 0.717) is 18.8 Å². The maximum Gasteiger partial charge on any atom is 0.314 e. The predicted molar refractivity (Wildman–Crippen MR) is 70.6 cm³/mol. The number of nitrogens with zero attached hydrogens (tertiary/aromatic N) is 1. The lowest BCUT2D eigenvalue weighted by Crippen LogP contribution is -2.36. The van der Waals surface area contributed by atoms with Gasteiger partial charge in [0.05, 0.1) is 13.2 Å². The number of carbonyl (C=O) groups excluding carboxylic acids is 1. The highest BCUT2D eigenvalue weighted by Crippen LogP contribution is 2.18. The minimum Gasteiger partial charge on any atom is -0.481 e. The van der Waals surface area contributed by atoms with Gasteiger partial charge in [-0.25, -0.2) is 0 Å². The van der Waals surface area contributed by atoms with Crippen molar-refractivity contribution in [3.63, 3.8) is 0 Å². The molecule has 0 spiro atoms. The van der Waals surface area contributed by atoms with Crippen LogP contribution < -0.4 is 4.90 Å². The van der Waals surface area contributed by atoms with Crippen molar-refractivity contribution >= 4 is 17.4 Å². The number of rotatable bonds is 4. The lowest BCUT2D eigenvalue weighted by molar-refractivity contribution is -0.139. The zero-order valence-electron chi connectivity index (χ0n) is 10.8. The molecule has 1 atom stereocenters. The third kappa shape index (κ3) is 3.12. The second-order valence-corrected chi connectivity index (χ2v) is 4.57. The molecule has 102 valence electrons. The number of ketones is 1. The number of carboxylic acid groups (broad SMARTS) is 1. The molecule has 2 rings (SSSR count). The molecule has 1 saturated heterocycles. The van der Waals surface area contributed by atoms with Gasteiger partial charge in [0.25, 0.3) is 0 Å². The molecular formula is C14H17NO4. The summed E-state index contributed by atoms with van der Waals surface area (Å²) in [7, 11) is 0. The molecule has 5 heteroatoms.